The predicted octanol–water partition coefficient (Wildman–Crippen LogP) is 14.6. The van der Waals surface area contributed by atoms with Crippen LogP contribution in [0.3, 0.4) is 0 Å². The van der Waals surface area contributed by atoms with Gasteiger partial charge in [-0.05, 0) is 0 Å². The molecule has 0 spiro atoms. The second kappa shape index (κ2) is 13.5. The quantitative estimate of drug-likeness (QED) is 0.156. The summed E-state index contributed by atoms with van der Waals surface area (Å²) in [7, 11) is 17.5. The van der Waals surface area contributed by atoms with Gasteiger partial charge in [-0.3, -0.25) is 0 Å². The third-order valence-electron chi connectivity index (χ3n) is 12.9. The van der Waals surface area contributed by atoms with Crippen molar-refractivity contribution in [1.82, 2.24) is 0 Å². The zero-order valence-corrected chi connectivity index (χ0v) is 36.5. The van der Waals surface area contributed by atoms with Crippen LogP contribution in [0.15, 0.2) is 96.1 Å². The van der Waals surface area contributed by atoms with Crippen LogP contribution in [0.5, 0.6) is 0 Å². The summed E-state index contributed by atoms with van der Waals surface area (Å²) in [6, 6.07) is 32.5. The monoisotopic (exact) mass is 795 g/mol. The number of hydrogen-bond acceptors (Lipinski definition) is 0. The Morgan fingerprint density at radius 1 is 0.740 bits per heavy atom. The van der Waals surface area contributed by atoms with Crippen LogP contribution in [0.4, 0.5) is 0 Å². The van der Waals surface area contributed by atoms with E-state index in [1.807, 2.05) is 0 Å². The Morgan fingerprint density at radius 2 is 1.26 bits per heavy atom. The number of fused-ring (bicyclic) bond motifs is 2. The second-order valence-electron chi connectivity index (χ2n) is 17.1. The van der Waals surface area contributed by atoms with Crippen LogP contribution in [-0.2, 0) is 21.0 Å². The summed E-state index contributed by atoms with van der Waals surface area (Å²) in [5.41, 5.74) is 16.5. The van der Waals surface area contributed by atoms with Crippen molar-refractivity contribution in [3.8, 4) is 22.3 Å². The number of halogens is 2. The number of rotatable bonds is 8. The fourth-order valence-corrected chi connectivity index (χ4v) is 41.6. The number of hydrogen-bond donors (Lipinski definition) is 0. The molecule has 0 bridgehead atoms. The van der Waals surface area contributed by atoms with Gasteiger partial charge in [0.2, 0.25) is 0 Å². The molecule has 4 aromatic carbocycles. The predicted molar refractivity (Wildman–Crippen MR) is 221 cm³/mol. The Bertz CT molecular complexity index is 1970. The Kier molecular flexibility index (Phi) is 9.81. The third-order valence-corrected chi connectivity index (χ3v) is 64.8. The van der Waals surface area contributed by atoms with E-state index < -0.39 is 21.5 Å². The molecule has 0 aliphatic heterocycles. The van der Waals surface area contributed by atoms with Gasteiger partial charge < -0.3 is 0 Å². The Labute approximate surface area is 311 Å². The van der Waals surface area contributed by atoms with Crippen molar-refractivity contribution < 1.29 is 15.6 Å². The van der Waals surface area contributed by atoms with Gasteiger partial charge in [0.05, 0.1) is 0 Å². The normalized spacial score (nSPS) is 20.7. The van der Waals surface area contributed by atoms with E-state index in [-0.39, 0.29) is 12.7 Å². The first-order valence-electron chi connectivity index (χ1n) is 19.2. The molecule has 0 nitrogen and oxygen atoms in total. The molecule has 50 heavy (non-hydrogen) atoms. The van der Waals surface area contributed by atoms with Gasteiger partial charge in [0.15, 0.2) is 0 Å². The zero-order valence-electron chi connectivity index (χ0n) is 31.4. The molecule has 0 amide bonds. The van der Waals surface area contributed by atoms with Crippen LogP contribution >= 0.6 is 17.0 Å². The van der Waals surface area contributed by atoms with E-state index in [0.717, 1.165) is 6.42 Å². The van der Waals surface area contributed by atoms with Crippen molar-refractivity contribution in [2.45, 2.75) is 105 Å². The molecule has 3 aliphatic rings. The van der Waals surface area contributed by atoms with Crippen LogP contribution in [0.1, 0.15) is 120 Å². The summed E-state index contributed by atoms with van der Waals surface area (Å²) in [6.45, 7) is 18.7. The molecule has 261 valence electrons. The molecule has 4 heteroatoms. The van der Waals surface area contributed by atoms with Gasteiger partial charge >= 0.3 is 314 Å². The van der Waals surface area contributed by atoms with Gasteiger partial charge in [0, 0.05) is 0 Å². The number of benzene rings is 4. The summed E-state index contributed by atoms with van der Waals surface area (Å²) in [5.74, 6) is -0.505. The van der Waals surface area contributed by atoms with E-state index in [4.69, 9.17) is 17.0 Å². The Morgan fingerprint density at radius 3 is 1.78 bits per heavy atom. The molecule has 1 saturated carbocycles. The van der Waals surface area contributed by atoms with Gasteiger partial charge in [-0.25, -0.2) is 0 Å². The molecule has 1 fully saturated rings. The van der Waals surface area contributed by atoms with Crippen LogP contribution < -0.4 is 0 Å². The fourth-order valence-electron chi connectivity index (χ4n) is 9.65. The van der Waals surface area contributed by atoms with Crippen LogP contribution in [0.2, 0.25) is 13.1 Å². The zero-order chi connectivity index (χ0) is 35.6. The molecule has 3 atom stereocenters. The summed E-state index contributed by atoms with van der Waals surface area (Å²) in [6.07, 6.45) is 11.3. The van der Waals surface area contributed by atoms with E-state index in [0.29, 0.717) is 11.8 Å². The molecule has 3 aliphatic carbocycles. The van der Waals surface area contributed by atoms with Gasteiger partial charge in [-0.1, -0.05) is 0 Å². The molecule has 0 heterocycles. The van der Waals surface area contributed by atoms with Gasteiger partial charge in [-0.2, -0.15) is 0 Å². The molecule has 7 rings (SSSR count). The van der Waals surface area contributed by atoms with E-state index in [1.54, 1.807) is 5.57 Å². The average Bonchev–Trinajstić information content (AvgIpc) is 3.85. The summed E-state index contributed by atoms with van der Waals surface area (Å²) in [4.78, 5) is 0. The Balaban J connectivity index is 1.39. The molecular weight excluding hydrogens is 743 g/mol. The standard InChI is InChI=1S/C24H27.C20H21.C2H7Si.2ClH.Zr/c1-24(2,3)21-13-11-18(12-14-21)22-10-6-9-19-15-20(16-23(19)22)17-7-4-5-8-17;1-4-15(3)16-8-10-17(11-9-16)19-7-5-6-18-12-14(2)13-20(18)19;1-3-2;;;/h6,9-17H,4-5,7-8H2,1-3H3;5-13,15H,4H2,1-3H3;3H,1-2H3;2*1H;/q;;;;;+2/p-2. The van der Waals surface area contributed by atoms with Crippen molar-refractivity contribution in [3.05, 3.63) is 129 Å². The van der Waals surface area contributed by atoms with Crippen molar-refractivity contribution >= 4 is 35.1 Å². The molecule has 0 saturated heterocycles. The first kappa shape index (κ1) is 36.4. The van der Waals surface area contributed by atoms with Gasteiger partial charge in [0.25, 0.3) is 0 Å². The van der Waals surface area contributed by atoms with Crippen molar-refractivity contribution in [2.24, 2.45) is 5.92 Å². The second-order valence-corrected chi connectivity index (χ2v) is 59.6. The van der Waals surface area contributed by atoms with Gasteiger partial charge in [-0.15, -0.1) is 0 Å². The van der Waals surface area contributed by atoms with Gasteiger partial charge in [0.1, 0.15) is 0 Å². The van der Waals surface area contributed by atoms with E-state index >= 15 is 0 Å². The minimum absolute atomic E-state index is 0.108. The average molecular weight is 798 g/mol. The summed E-state index contributed by atoms with van der Waals surface area (Å²) >= 11 is -4.83. The molecule has 0 radical (unpaired) electrons. The molecular formula is C46H55Cl2SiZr. The first-order chi connectivity index (χ1) is 23.7. The van der Waals surface area contributed by atoms with E-state index in [1.165, 1.54) is 86.9 Å². The SMILES string of the molecule is CCC(C)c1ccc(-c2cccc3c2C=C(C)[CH]3[Zr]([Cl])([Cl])([CH]2C(C3CCCC3)=Cc3c(-c4ccc(C(C)(C)C)cc4)cccc32)[SiH](C)C)cc1. The topological polar surface area (TPSA) is 0 Å². The van der Waals surface area contributed by atoms with E-state index in [9.17, 15) is 0 Å². The van der Waals surface area contributed by atoms with Crippen LogP contribution in [-0.4, -0.2) is 5.92 Å². The maximum absolute atomic E-state index is 8.76. The molecule has 0 N–H and O–H groups in total. The van der Waals surface area contributed by atoms with Crippen LogP contribution in [0, 0.1) is 5.92 Å². The molecule has 0 aromatic heterocycles. The maximum atomic E-state index is 8.76. The van der Waals surface area contributed by atoms with Crippen molar-refractivity contribution in [3.63, 3.8) is 0 Å². The summed E-state index contributed by atoms with van der Waals surface area (Å²) < 4.78 is 0.243. The first-order valence-corrected chi connectivity index (χ1v) is 35.5. The Hall–Kier alpha value is -1.96. The van der Waals surface area contributed by atoms with Crippen LogP contribution in [0.25, 0.3) is 34.4 Å². The van der Waals surface area contributed by atoms with E-state index in [2.05, 4.69) is 152 Å². The van der Waals surface area contributed by atoms with Crippen molar-refractivity contribution in [1.29, 1.82) is 0 Å². The molecule has 3 unspecified atom stereocenters. The fraction of sp³-hybridized carbons (Fsp3) is 0.391. The number of allylic oxidation sites excluding steroid dienone is 2. The third kappa shape index (κ3) is 5.97. The van der Waals surface area contributed by atoms with Crippen molar-refractivity contribution in [2.75, 3.05) is 0 Å². The molecule has 4 aromatic rings. The minimum atomic E-state index is -4.83. The summed E-state index contributed by atoms with van der Waals surface area (Å²) in [5, 5.41) is 0.